The summed E-state index contributed by atoms with van der Waals surface area (Å²) in [4.78, 5) is 29.6. The highest BCUT2D eigenvalue weighted by molar-refractivity contribution is 6.46. The number of nitrogens with zero attached hydrogens (tertiary/aromatic N) is 2. The molecule has 1 atom stereocenters. The summed E-state index contributed by atoms with van der Waals surface area (Å²) in [6, 6.07) is 11.7. The molecule has 0 spiro atoms. The van der Waals surface area contributed by atoms with Crippen LogP contribution >= 0.6 is 0 Å². The minimum atomic E-state index is -0.708. The first kappa shape index (κ1) is 25.1. The van der Waals surface area contributed by atoms with Gasteiger partial charge in [0.15, 0.2) is 0 Å². The molecular weight excluding hydrogens is 432 g/mol. The summed E-state index contributed by atoms with van der Waals surface area (Å²) in [5.41, 5.74) is 2.08. The molecule has 0 saturated carbocycles. The van der Waals surface area contributed by atoms with E-state index in [9.17, 15) is 14.7 Å². The molecule has 1 saturated heterocycles. The number of likely N-dealkylation sites (tertiary alicyclic amines) is 1. The van der Waals surface area contributed by atoms with E-state index in [4.69, 9.17) is 9.47 Å². The van der Waals surface area contributed by atoms with E-state index in [1.165, 1.54) is 4.90 Å². The number of ether oxygens (including phenoxy) is 2. The van der Waals surface area contributed by atoms with Gasteiger partial charge in [-0.1, -0.05) is 24.8 Å². The van der Waals surface area contributed by atoms with Gasteiger partial charge in [0.25, 0.3) is 11.7 Å². The van der Waals surface area contributed by atoms with Crippen LogP contribution in [0.3, 0.4) is 0 Å². The Morgan fingerprint density at radius 1 is 1.15 bits per heavy atom. The topological polar surface area (TPSA) is 79.3 Å². The highest BCUT2D eigenvalue weighted by Gasteiger charge is 2.45. The molecule has 1 heterocycles. The fourth-order valence-electron chi connectivity index (χ4n) is 3.94. The molecule has 1 aliphatic heterocycles. The maximum atomic E-state index is 13.1. The number of aryl methyl sites for hydroxylation is 1. The van der Waals surface area contributed by atoms with Crippen molar-refractivity contribution < 1.29 is 24.2 Å². The SMILES string of the molecule is C=CCOc1ccc(C2/C(=C(\O)c3ccc(OCC)c(C)c3)C(=O)C(=O)N2CCN(C)C)cc1. The lowest BCUT2D eigenvalue weighted by Crippen LogP contribution is -2.35. The molecular formula is C27H32N2O5. The van der Waals surface area contributed by atoms with Crippen LogP contribution in [0.15, 0.2) is 60.7 Å². The zero-order chi connectivity index (χ0) is 24.8. The molecule has 0 radical (unpaired) electrons. The number of carbonyl (C=O) groups is 2. The van der Waals surface area contributed by atoms with Crippen LogP contribution < -0.4 is 9.47 Å². The number of Topliss-reactive ketones (excluding diaryl/α,β-unsaturated/α-hetero) is 1. The highest BCUT2D eigenvalue weighted by atomic mass is 16.5. The van der Waals surface area contributed by atoms with Gasteiger partial charge in [-0.25, -0.2) is 0 Å². The summed E-state index contributed by atoms with van der Waals surface area (Å²) in [6.45, 7) is 9.23. The van der Waals surface area contributed by atoms with Crippen molar-refractivity contribution in [3.63, 3.8) is 0 Å². The molecule has 7 heteroatoms. The van der Waals surface area contributed by atoms with Crippen molar-refractivity contribution in [2.24, 2.45) is 0 Å². The molecule has 1 amide bonds. The van der Waals surface area contributed by atoms with Gasteiger partial charge in [-0.15, -0.1) is 0 Å². The fourth-order valence-corrected chi connectivity index (χ4v) is 3.94. The summed E-state index contributed by atoms with van der Waals surface area (Å²) in [6.07, 6.45) is 1.66. The molecule has 7 nitrogen and oxygen atoms in total. The number of hydrogen-bond acceptors (Lipinski definition) is 6. The zero-order valence-electron chi connectivity index (χ0n) is 20.2. The lowest BCUT2D eigenvalue weighted by Gasteiger charge is -2.26. The Hall–Kier alpha value is -3.58. The smallest absolute Gasteiger partial charge is 0.295 e. The average Bonchev–Trinajstić information content (AvgIpc) is 3.07. The number of benzene rings is 2. The molecule has 1 unspecified atom stereocenters. The van der Waals surface area contributed by atoms with Gasteiger partial charge in [-0.2, -0.15) is 0 Å². The van der Waals surface area contributed by atoms with E-state index < -0.39 is 17.7 Å². The Morgan fingerprint density at radius 2 is 1.85 bits per heavy atom. The fraction of sp³-hybridized carbons (Fsp3) is 0.333. The molecule has 1 aliphatic rings. The van der Waals surface area contributed by atoms with E-state index >= 15 is 0 Å². The third-order valence-electron chi connectivity index (χ3n) is 5.64. The number of carbonyl (C=O) groups excluding carboxylic acids is 2. The molecule has 34 heavy (non-hydrogen) atoms. The molecule has 180 valence electrons. The molecule has 3 rings (SSSR count). The largest absolute Gasteiger partial charge is 0.507 e. The molecule has 2 aromatic rings. The summed E-state index contributed by atoms with van der Waals surface area (Å²) in [7, 11) is 3.81. The second-order valence-electron chi connectivity index (χ2n) is 8.38. The van der Waals surface area contributed by atoms with Crippen molar-refractivity contribution in [1.82, 2.24) is 9.80 Å². The Balaban J connectivity index is 2.08. The van der Waals surface area contributed by atoms with Crippen LogP contribution in [0.5, 0.6) is 11.5 Å². The van der Waals surface area contributed by atoms with Gasteiger partial charge in [-0.05, 0) is 69.4 Å². The molecule has 0 aliphatic carbocycles. The molecule has 1 fully saturated rings. The van der Waals surface area contributed by atoms with Gasteiger partial charge in [0.2, 0.25) is 0 Å². The van der Waals surface area contributed by atoms with Gasteiger partial charge in [-0.3, -0.25) is 9.59 Å². The molecule has 0 bridgehead atoms. The van der Waals surface area contributed by atoms with Crippen molar-refractivity contribution in [3.8, 4) is 11.5 Å². The second kappa shape index (κ2) is 11.0. The third-order valence-corrected chi connectivity index (χ3v) is 5.64. The number of likely N-dealkylation sites (N-methyl/N-ethyl adjacent to an activating group) is 1. The Bertz CT molecular complexity index is 1090. The Labute approximate surface area is 200 Å². The van der Waals surface area contributed by atoms with Crippen LogP contribution in [0.2, 0.25) is 0 Å². The van der Waals surface area contributed by atoms with E-state index in [-0.39, 0.29) is 11.3 Å². The Morgan fingerprint density at radius 3 is 2.44 bits per heavy atom. The van der Waals surface area contributed by atoms with E-state index in [0.29, 0.717) is 48.9 Å². The lowest BCUT2D eigenvalue weighted by molar-refractivity contribution is -0.140. The minimum absolute atomic E-state index is 0.0760. The normalized spacial score (nSPS) is 17.3. The summed E-state index contributed by atoms with van der Waals surface area (Å²) < 4.78 is 11.1. The van der Waals surface area contributed by atoms with Gasteiger partial charge < -0.3 is 24.4 Å². The van der Waals surface area contributed by atoms with Gasteiger partial charge in [0.1, 0.15) is 23.9 Å². The quantitative estimate of drug-likeness (QED) is 0.248. The first-order chi connectivity index (χ1) is 16.3. The highest BCUT2D eigenvalue weighted by Crippen LogP contribution is 2.40. The maximum Gasteiger partial charge on any atom is 0.295 e. The monoisotopic (exact) mass is 464 g/mol. The Kier molecular flexibility index (Phi) is 8.12. The lowest BCUT2D eigenvalue weighted by atomic mass is 9.94. The number of aliphatic hydroxyl groups is 1. The van der Waals surface area contributed by atoms with Crippen molar-refractivity contribution in [1.29, 1.82) is 0 Å². The van der Waals surface area contributed by atoms with E-state index in [0.717, 1.165) is 5.56 Å². The van der Waals surface area contributed by atoms with Crippen LogP contribution in [0.25, 0.3) is 5.76 Å². The van der Waals surface area contributed by atoms with E-state index in [1.54, 1.807) is 36.4 Å². The number of hydrogen-bond donors (Lipinski definition) is 1. The third kappa shape index (κ3) is 5.31. The number of ketones is 1. The van der Waals surface area contributed by atoms with Crippen molar-refractivity contribution in [2.75, 3.05) is 40.4 Å². The van der Waals surface area contributed by atoms with Crippen LogP contribution in [0.1, 0.15) is 29.7 Å². The van der Waals surface area contributed by atoms with Crippen LogP contribution in [0, 0.1) is 6.92 Å². The first-order valence-electron chi connectivity index (χ1n) is 11.3. The molecule has 2 aromatic carbocycles. The maximum absolute atomic E-state index is 13.1. The van der Waals surface area contributed by atoms with Crippen molar-refractivity contribution in [3.05, 3.63) is 77.4 Å². The van der Waals surface area contributed by atoms with Crippen molar-refractivity contribution >= 4 is 17.4 Å². The van der Waals surface area contributed by atoms with Crippen LogP contribution in [-0.2, 0) is 9.59 Å². The number of amides is 1. The number of rotatable bonds is 10. The standard InChI is InChI=1S/C27H32N2O5/c1-6-16-34-21-11-8-19(9-12-21)24-23(26(31)27(32)29(24)15-14-28(4)5)25(30)20-10-13-22(33-7-2)18(3)17-20/h6,8-13,17,24,30H,1,7,14-16H2,2-5H3/b25-23+. The number of aliphatic hydroxyl groups excluding tert-OH is 1. The van der Waals surface area contributed by atoms with E-state index in [1.807, 2.05) is 45.0 Å². The van der Waals surface area contributed by atoms with Gasteiger partial charge in [0.05, 0.1) is 18.2 Å². The zero-order valence-corrected chi connectivity index (χ0v) is 20.2. The summed E-state index contributed by atoms with van der Waals surface area (Å²) in [5.74, 6) is -0.162. The molecule has 1 N–H and O–H groups in total. The minimum Gasteiger partial charge on any atom is -0.507 e. The predicted octanol–water partition coefficient (Wildman–Crippen LogP) is 3.94. The van der Waals surface area contributed by atoms with Crippen LogP contribution in [0.4, 0.5) is 0 Å². The van der Waals surface area contributed by atoms with Crippen LogP contribution in [-0.4, -0.2) is 67.0 Å². The predicted molar refractivity (Wildman–Crippen MR) is 132 cm³/mol. The van der Waals surface area contributed by atoms with Crippen molar-refractivity contribution in [2.45, 2.75) is 19.9 Å². The summed E-state index contributed by atoms with van der Waals surface area (Å²) in [5, 5.41) is 11.2. The first-order valence-corrected chi connectivity index (χ1v) is 11.3. The van der Waals surface area contributed by atoms with E-state index in [2.05, 4.69) is 6.58 Å². The molecule has 0 aromatic heterocycles. The van der Waals surface area contributed by atoms with Gasteiger partial charge >= 0.3 is 0 Å². The average molecular weight is 465 g/mol. The summed E-state index contributed by atoms with van der Waals surface area (Å²) >= 11 is 0. The van der Waals surface area contributed by atoms with Gasteiger partial charge in [0, 0.05) is 18.7 Å². The second-order valence-corrected chi connectivity index (χ2v) is 8.38.